The number of benzene rings is 3. The van der Waals surface area contributed by atoms with E-state index in [1.54, 1.807) is 6.33 Å². The Morgan fingerprint density at radius 2 is 1.31 bits per heavy atom. The Morgan fingerprint density at radius 3 is 1.97 bits per heavy atom. The summed E-state index contributed by atoms with van der Waals surface area (Å²) in [5, 5.41) is 2.52. The van der Waals surface area contributed by atoms with Crippen molar-refractivity contribution < 1.29 is 0 Å². The smallest absolute Gasteiger partial charge is 0.144 e. The molecule has 3 heterocycles. The zero-order valence-corrected chi connectivity index (χ0v) is 17.9. The summed E-state index contributed by atoms with van der Waals surface area (Å²) in [6, 6.07) is 25.7. The van der Waals surface area contributed by atoms with Gasteiger partial charge in [0.1, 0.15) is 12.2 Å². The number of rotatable bonds is 3. The minimum atomic E-state index is 0.883. The van der Waals surface area contributed by atoms with E-state index in [-0.39, 0.29) is 0 Å². The van der Waals surface area contributed by atoms with Gasteiger partial charge in [0.25, 0.3) is 0 Å². The molecular formula is C27H21N5. The van der Waals surface area contributed by atoms with Gasteiger partial charge < -0.3 is 4.57 Å². The molecule has 3 aromatic heterocycles. The lowest BCUT2D eigenvalue weighted by Crippen LogP contribution is -2.04. The fourth-order valence-electron chi connectivity index (χ4n) is 4.51. The van der Waals surface area contributed by atoms with Gasteiger partial charge in [-0.3, -0.25) is 4.57 Å². The van der Waals surface area contributed by atoms with Gasteiger partial charge in [0.15, 0.2) is 0 Å². The second-order valence-corrected chi connectivity index (χ2v) is 7.97. The van der Waals surface area contributed by atoms with Gasteiger partial charge in [-0.2, -0.15) is 0 Å². The fourth-order valence-corrected chi connectivity index (χ4v) is 4.51. The van der Waals surface area contributed by atoms with Crippen LogP contribution in [0, 0.1) is 13.8 Å². The third-order valence-electron chi connectivity index (χ3n) is 6.03. The van der Waals surface area contributed by atoms with Crippen LogP contribution in [0.1, 0.15) is 11.4 Å². The predicted octanol–water partition coefficient (Wildman–Crippen LogP) is 6.04. The SMILES string of the molecule is Cc1ncncc1-n1c(C)cnc1-c1ccc(-n2c3ccccc3c3ccccc32)cc1. The van der Waals surface area contributed by atoms with Gasteiger partial charge in [-0.25, -0.2) is 15.0 Å². The van der Waals surface area contributed by atoms with Crippen LogP contribution in [0.2, 0.25) is 0 Å². The molecule has 3 aromatic carbocycles. The summed E-state index contributed by atoms with van der Waals surface area (Å²) in [6.45, 7) is 4.04. The predicted molar refractivity (Wildman–Crippen MR) is 128 cm³/mol. The van der Waals surface area contributed by atoms with Crippen molar-refractivity contribution in [2.24, 2.45) is 0 Å². The third kappa shape index (κ3) is 2.75. The second-order valence-electron chi connectivity index (χ2n) is 7.97. The molecule has 6 aromatic rings. The lowest BCUT2D eigenvalue weighted by Gasteiger charge is -2.13. The molecule has 5 nitrogen and oxygen atoms in total. The zero-order valence-electron chi connectivity index (χ0n) is 17.9. The molecule has 6 rings (SSSR count). The molecule has 154 valence electrons. The standard InChI is InChI=1S/C27H21N5/c1-18-15-29-27(31(18)26-16-28-17-30-19(26)2)20-11-13-21(14-12-20)32-24-9-5-3-7-22(24)23-8-4-6-10-25(23)32/h3-17H,1-2H3. The largest absolute Gasteiger partial charge is 0.309 e. The summed E-state index contributed by atoms with van der Waals surface area (Å²) in [5.41, 5.74) is 7.50. The van der Waals surface area contributed by atoms with Crippen LogP contribution in [0.25, 0.3) is 44.6 Å². The molecule has 0 N–H and O–H groups in total. The minimum absolute atomic E-state index is 0.883. The van der Waals surface area contributed by atoms with Crippen LogP contribution in [-0.2, 0) is 0 Å². The molecule has 0 aliphatic carbocycles. The molecule has 5 heteroatoms. The normalized spacial score (nSPS) is 11.4. The molecule has 0 saturated carbocycles. The van der Waals surface area contributed by atoms with Gasteiger partial charge in [-0.15, -0.1) is 0 Å². The number of hydrogen-bond donors (Lipinski definition) is 0. The van der Waals surface area contributed by atoms with E-state index in [1.165, 1.54) is 21.8 Å². The Balaban J connectivity index is 1.50. The van der Waals surface area contributed by atoms with Crippen molar-refractivity contribution in [1.82, 2.24) is 24.1 Å². The summed E-state index contributed by atoms with van der Waals surface area (Å²) in [6.07, 6.45) is 5.31. The summed E-state index contributed by atoms with van der Waals surface area (Å²) >= 11 is 0. The number of fused-ring (bicyclic) bond motifs is 3. The van der Waals surface area contributed by atoms with Crippen molar-refractivity contribution in [3.05, 3.63) is 103 Å². The highest BCUT2D eigenvalue weighted by Gasteiger charge is 2.15. The first-order valence-electron chi connectivity index (χ1n) is 10.6. The van der Waals surface area contributed by atoms with Gasteiger partial charge in [-0.1, -0.05) is 36.4 Å². The van der Waals surface area contributed by atoms with Crippen LogP contribution in [0.3, 0.4) is 0 Å². The second kappa shape index (κ2) is 7.17. The maximum absolute atomic E-state index is 4.70. The summed E-state index contributed by atoms with van der Waals surface area (Å²) in [5.74, 6) is 0.883. The van der Waals surface area contributed by atoms with E-state index >= 15 is 0 Å². The monoisotopic (exact) mass is 415 g/mol. The van der Waals surface area contributed by atoms with Gasteiger partial charge in [0, 0.05) is 33.9 Å². The Bertz CT molecular complexity index is 1540. The number of aromatic nitrogens is 5. The molecule has 0 radical (unpaired) electrons. The maximum atomic E-state index is 4.70. The van der Waals surface area contributed by atoms with Crippen molar-refractivity contribution in [2.45, 2.75) is 13.8 Å². The Hall–Kier alpha value is -4.25. The lowest BCUT2D eigenvalue weighted by atomic mass is 10.1. The summed E-state index contributed by atoms with van der Waals surface area (Å²) < 4.78 is 4.44. The van der Waals surface area contributed by atoms with Crippen LogP contribution in [-0.4, -0.2) is 24.1 Å². The van der Waals surface area contributed by atoms with Crippen molar-refractivity contribution in [1.29, 1.82) is 0 Å². The topological polar surface area (TPSA) is 48.5 Å². The molecule has 32 heavy (non-hydrogen) atoms. The average molecular weight is 416 g/mol. The highest BCUT2D eigenvalue weighted by Crippen LogP contribution is 2.32. The van der Waals surface area contributed by atoms with Crippen molar-refractivity contribution in [3.63, 3.8) is 0 Å². The highest BCUT2D eigenvalue weighted by molar-refractivity contribution is 6.09. The summed E-state index contributed by atoms with van der Waals surface area (Å²) in [4.78, 5) is 13.3. The van der Waals surface area contributed by atoms with Crippen molar-refractivity contribution in [3.8, 4) is 22.8 Å². The Labute approximate surface area is 185 Å². The quantitative estimate of drug-likeness (QED) is 0.354. The van der Waals surface area contributed by atoms with Crippen molar-refractivity contribution in [2.75, 3.05) is 0 Å². The van der Waals surface area contributed by atoms with Gasteiger partial charge >= 0.3 is 0 Å². The molecule has 0 fully saturated rings. The van der Waals surface area contributed by atoms with Crippen LogP contribution in [0.4, 0.5) is 0 Å². The summed E-state index contributed by atoms with van der Waals surface area (Å²) in [7, 11) is 0. The molecule has 0 bridgehead atoms. The molecular weight excluding hydrogens is 394 g/mol. The molecule has 0 saturated heterocycles. The fraction of sp³-hybridized carbons (Fsp3) is 0.0741. The van der Waals surface area contributed by atoms with E-state index in [2.05, 4.69) is 98.8 Å². The first-order valence-corrected chi connectivity index (χ1v) is 10.6. The first-order chi connectivity index (χ1) is 15.7. The van der Waals surface area contributed by atoms with Gasteiger partial charge in [-0.05, 0) is 50.2 Å². The zero-order chi connectivity index (χ0) is 21.7. The molecule has 0 spiro atoms. The van der Waals surface area contributed by atoms with Crippen molar-refractivity contribution >= 4 is 21.8 Å². The number of aryl methyl sites for hydroxylation is 2. The number of para-hydroxylation sites is 2. The molecule has 0 atom stereocenters. The van der Waals surface area contributed by atoms with Crippen LogP contribution < -0.4 is 0 Å². The third-order valence-corrected chi connectivity index (χ3v) is 6.03. The Morgan fingerprint density at radius 1 is 0.656 bits per heavy atom. The van der Waals surface area contributed by atoms with E-state index in [0.29, 0.717) is 0 Å². The van der Waals surface area contributed by atoms with E-state index in [0.717, 1.165) is 34.2 Å². The van der Waals surface area contributed by atoms with Gasteiger partial charge in [0.2, 0.25) is 0 Å². The molecule has 0 aliphatic heterocycles. The highest BCUT2D eigenvalue weighted by atomic mass is 15.1. The number of nitrogens with zero attached hydrogens (tertiary/aromatic N) is 5. The lowest BCUT2D eigenvalue weighted by molar-refractivity contribution is 0.950. The van der Waals surface area contributed by atoms with E-state index in [4.69, 9.17) is 4.98 Å². The first kappa shape index (κ1) is 18.5. The maximum Gasteiger partial charge on any atom is 0.144 e. The number of hydrogen-bond acceptors (Lipinski definition) is 3. The minimum Gasteiger partial charge on any atom is -0.309 e. The average Bonchev–Trinajstić information content (AvgIpc) is 3.38. The van der Waals surface area contributed by atoms with Crippen LogP contribution in [0.15, 0.2) is 91.5 Å². The molecule has 0 aliphatic rings. The Kier molecular flexibility index (Phi) is 4.15. The van der Waals surface area contributed by atoms with E-state index in [1.807, 2.05) is 19.3 Å². The number of imidazole rings is 1. The molecule has 0 unspecified atom stereocenters. The van der Waals surface area contributed by atoms with E-state index < -0.39 is 0 Å². The van der Waals surface area contributed by atoms with E-state index in [9.17, 15) is 0 Å². The van der Waals surface area contributed by atoms with Crippen LogP contribution >= 0.6 is 0 Å². The molecule has 0 amide bonds. The van der Waals surface area contributed by atoms with Gasteiger partial charge in [0.05, 0.1) is 28.6 Å². The van der Waals surface area contributed by atoms with Crippen LogP contribution in [0.5, 0.6) is 0 Å².